The Morgan fingerprint density at radius 1 is 1.09 bits per heavy atom. The van der Waals surface area contributed by atoms with Crippen LogP contribution in [0.4, 0.5) is 0 Å². The molecule has 230 valence electrons. The summed E-state index contributed by atoms with van der Waals surface area (Å²) < 4.78 is 0. The Morgan fingerprint density at radius 3 is 2.59 bits per heavy atom. The molecule has 3 aromatic heterocycles. The Morgan fingerprint density at radius 2 is 1.86 bits per heavy atom. The van der Waals surface area contributed by atoms with Crippen LogP contribution in [0.5, 0.6) is 0 Å². The first kappa shape index (κ1) is 29.2. The van der Waals surface area contributed by atoms with Crippen molar-refractivity contribution in [1.29, 1.82) is 0 Å². The third kappa shape index (κ3) is 5.36. The minimum Gasteiger partial charge on any atom is -0.346 e. The van der Waals surface area contributed by atoms with Crippen molar-refractivity contribution in [3.05, 3.63) is 69.6 Å². The quantitative estimate of drug-likeness (QED) is 0.152. The molecule has 3 aliphatic rings. The fraction of sp³-hybridized carbons (Fsp3) is 0.472. The zero-order chi connectivity index (χ0) is 30.6. The fourth-order valence-corrected chi connectivity index (χ4v) is 8.81. The normalized spacial score (nSPS) is 19.3. The van der Waals surface area contributed by atoms with E-state index in [9.17, 15) is 4.79 Å². The largest absolute Gasteiger partial charge is 0.346 e. The number of carbonyl (C=O) groups excluding carboxylic acids is 1. The van der Waals surface area contributed by atoms with Gasteiger partial charge in [-0.05, 0) is 125 Å². The number of carbonyl (C=O) groups is 1. The van der Waals surface area contributed by atoms with E-state index < -0.39 is 5.41 Å². The molecule has 0 spiro atoms. The second-order valence-corrected chi connectivity index (χ2v) is 15.0. The van der Waals surface area contributed by atoms with E-state index in [0.29, 0.717) is 17.9 Å². The summed E-state index contributed by atoms with van der Waals surface area (Å²) in [7, 11) is 0. The van der Waals surface area contributed by atoms with Gasteiger partial charge in [-0.2, -0.15) is 0 Å². The lowest BCUT2D eigenvalue weighted by molar-refractivity contribution is -0.143. The maximum Gasteiger partial charge on any atom is 0.233 e. The topological polar surface area (TPSA) is 89.7 Å². The van der Waals surface area contributed by atoms with Gasteiger partial charge >= 0.3 is 0 Å². The van der Waals surface area contributed by atoms with Crippen LogP contribution in [0, 0.1) is 19.8 Å². The summed E-state index contributed by atoms with van der Waals surface area (Å²) in [5.74, 6) is 1.25. The number of hydrogen-bond acceptors (Lipinski definition) is 5. The van der Waals surface area contributed by atoms with Crippen LogP contribution in [0.3, 0.4) is 0 Å². The number of nitrogens with zero attached hydrogens (tertiary/aromatic N) is 3. The third-order valence-electron chi connectivity index (χ3n) is 10.1. The van der Waals surface area contributed by atoms with Crippen LogP contribution in [-0.4, -0.2) is 56.9 Å². The van der Waals surface area contributed by atoms with E-state index in [-0.39, 0.29) is 5.92 Å². The summed E-state index contributed by atoms with van der Waals surface area (Å²) in [4.78, 5) is 22.4. The lowest BCUT2D eigenvalue weighted by Crippen LogP contribution is -2.55. The number of piperidine rings is 2. The van der Waals surface area contributed by atoms with Gasteiger partial charge in [0.05, 0.1) is 16.6 Å². The average molecular weight is 609 g/mol. The number of benzene rings is 2. The van der Waals surface area contributed by atoms with Crippen molar-refractivity contribution in [2.45, 2.75) is 84.1 Å². The standard InChI is InChI=1S/C36H44N6OS/c1-21-14-22(2)16-26(15-21)33-32(23(3)19-37-13-12-24-8-11-29-30(17-24)40-41-39-29)28-18-31(44-34(28)38-33)36(4,5)35(43)42-20-25-6-9-27(42)10-7-25/h8,11,14-18,23,25,27,37-38H,6-7,9-10,12-13,19-20H2,1-5H3,(H,39,40,41)/t23-,25?,27?/m1/s1. The molecule has 0 unspecified atom stereocenters. The van der Waals surface area contributed by atoms with Crippen LogP contribution >= 0.6 is 11.3 Å². The summed E-state index contributed by atoms with van der Waals surface area (Å²) in [5.41, 5.74) is 8.88. The number of hydrogen-bond donors (Lipinski definition) is 3. The zero-order valence-electron chi connectivity index (χ0n) is 26.6. The fourth-order valence-electron chi connectivity index (χ4n) is 7.64. The lowest BCUT2D eigenvalue weighted by atomic mass is 9.78. The van der Waals surface area contributed by atoms with Gasteiger partial charge in [0, 0.05) is 29.4 Å². The first-order valence-corrected chi connectivity index (χ1v) is 17.0. The maximum absolute atomic E-state index is 14.0. The van der Waals surface area contributed by atoms with E-state index in [2.05, 4.69) is 108 Å². The summed E-state index contributed by atoms with van der Waals surface area (Å²) in [5, 5.41) is 16.0. The molecule has 1 atom stereocenters. The van der Waals surface area contributed by atoms with Gasteiger partial charge in [-0.25, -0.2) is 0 Å². The molecule has 8 heteroatoms. The monoisotopic (exact) mass is 608 g/mol. The second-order valence-electron chi connectivity index (χ2n) is 13.9. The van der Waals surface area contributed by atoms with Crippen molar-refractivity contribution in [3.8, 4) is 11.3 Å². The molecule has 44 heavy (non-hydrogen) atoms. The number of fused-ring (bicyclic) bond motifs is 5. The van der Waals surface area contributed by atoms with E-state index in [1.165, 1.54) is 64.6 Å². The van der Waals surface area contributed by atoms with Crippen molar-refractivity contribution in [1.82, 2.24) is 30.6 Å². The molecule has 7 nitrogen and oxygen atoms in total. The van der Waals surface area contributed by atoms with E-state index in [4.69, 9.17) is 0 Å². The Hall–Kier alpha value is -3.49. The first-order valence-electron chi connectivity index (χ1n) is 16.2. The Balaban J connectivity index is 1.16. The third-order valence-corrected chi connectivity index (χ3v) is 11.5. The van der Waals surface area contributed by atoms with Crippen molar-refractivity contribution in [2.24, 2.45) is 5.92 Å². The van der Waals surface area contributed by atoms with Crippen LogP contribution in [0.2, 0.25) is 0 Å². The zero-order valence-corrected chi connectivity index (χ0v) is 27.4. The molecular formula is C36H44N6OS. The van der Waals surface area contributed by atoms with Crippen LogP contribution in [0.1, 0.15) is 79.5 Å². The number of aromatic amines is 2. The Labute approximate surface area is 263 Å². The van der Waals surface area contributed by atoms with Gasteiger partial charge in [0.25, 0.3) is 0 Å². The predicted octanol–water partition coefficient (Wildman–Crippen LogP) is 7.40. The van der Waals surface area contributed by atoms with E-state index >= 15 is 0 Å². The number of thiophene rings is 1. The predicted molar refractivity (Wildman–Crippen MR) is 180 cm³/mol. The molecule has 1 amide bonds. The smallest absolute Gasteiger partial charge is 0.233 e. The molecule has 2 aromatic carbocycles. The molecule has 8 rings (SSSR count). The molecule has 3 fully saturated rings. The number of H-pyrrole nitrogens is 2. The number of amides is 1. The van der Waals surface area contributed by atoms with Gasteiger partial charge in [0.15, 0.2) is 0 Å². The van der Waals surface area contributed by atoms with Gasteiger partial charge in [-0.1, -0.05) is 35.4 Å². The highest BCUT2D eigenvalue weighted by Gasteiger charge is 2.43. The van der Waals surface area contributed by atoms with Gasteiger partial charge in [0.1, 0.15) is 10.3 Å². The highest BCUT2D eigenvalue weighted by Crippen LogP contribution is 2.44. The van der Waals surface area contributed by atoms with Gasteiger partial charge in [-0.15, -0.1) is 16.4 Å². The lowest BCUT2D eigenvalue weighted by Gasteiger charge is -2.47. The van der Waals surface area contributed by atoms with Crippen molar-refractivity contribution in [2.75, 3.05) is 19.6 Å². The Bertz CT molecular complexity index is 1800. The highest BCUT2D eigenvalue weighted by molar-refractivity contribution is 7.19. The summed E-state index contributed by atoms with van der Waals surface area (Å²) >= 11 is 1.76. The van der Waals surface area contributed by atoms with Crippen molar-refractivity contribution >= 4 is 38.5 Å². The molecule has 1 saturated carbocycles. The van der Waals surface area contributed by atoms with E-state index in [1.807, 2.05) is 0 Å². The number of rotatable bonds is 9. The number of nitrogens with one attached hydrogen (secondary N) is 3. The molecule has 2 saturated heterocycles. The van der Waals surface area contributed by atoms with Crippen LogP contribution in [-0.2, 0) is 16.6 Å². The van der Waals surface area contributed by atoms with Gasteiger partial charge < -0.3 is 15.2 Å². The molecule has 5 heterocycles. The first-order chi connectivity index (χ1) is 21.2. The molecule has 3 N–H and O–H groups in total. The Kier molecular flexibility index (Phi) is 7.61. The second kappa shape index (κ2) is 11.5. The minimum absolute atomic E-state index is 0.275. The summed E-state index contributed by atoms with van der Waals surface area (Å²) in [6, 6.07) is 15.9. The minimum atomic E-state index is -0.550. The highest BCUT2D eigenvalue weighted by atomic mass is 32.1. The van der Waals surface area contributed by atoms with Crippen LogP contribution in [0.25, 0.3) is 32.5 Å². The molecule has 2 bridgehead atoms. The molecule has 1 aliphatic carbocycles. The summed E-state index contributed by atoms with van der Waals surface area (Å²) in [6.07, 6.45) is 5.83. The van der Waals surface area contributed by atoms with Gasteiger partial charge in [0.2, 0.25) is 5.91 Å². The van der Waals surface area contributed by atoms with Crippen molar-refractivity contribution in [3.63, 3.8) is 0 Å². The maximum atomic E-state index is 14.0. The SMILES string of the molecule is Cc1cc(C)cc(-c2[nH]c3sc(C(C)(C)C(=O)N4CC5CCC4CC5)cc3c2[C@H](C)CNCCc2ccc3[nH]nnc3c2)c1. The molecular weight excluding hydrogens is 565 g/mol. The molecule has 2 aliphatic heterocycles. The van der Waals surface area contributed by atoms with Crippen molar-refractivity contribution < 1.29 is 4.79 Å². The number of aromatic nitrogens is 4. The average Bonchev–Trinajstić information content (AvgIpc) is 3.74. The summed E-state index contributed by atoms with van der Waals surface area (Å²) in [6.45, 7) is 13.6. The molecule has 0 radical (unpaired) electrons. The molecule has 5 aromatic rings. The van der Waals surface area contributed by atoms with E-state index in [0.717, 1.165) is 46.8 Å². The number of aryl methyl sites for hydroxylation is 2. The van der Waals surface area contributed by atoms with Crippen LogP contribution in [0.15, 0.2) is 42.5 Å². The van der Waals surface area contributed by atoms with Gasteiger partial charge in [-0.3, -0.25) is 9.89 Å². The van der Waals surface area contributed by atoms with Crippen LogP contribution < -0.4 is 5.32 Å². The van der Waals surface area contributed by atoms with E-state index in [1.54, 1.807) is 11.3 Å².